The second kappa shape index (κ2) is 6.23. The van der Waals surface area contributed by atoms with E-state index in [0.29, 0.717) is 0 Å². The zero-order chi connectivity index (χ0) is 14.7. The SMILES string of the molecule is CCCc1ccc(C(=O)C2Cc3ccccc3CN2)cc1. The first-order valence-electron chi connectivity index (χ1n) is 7.71. The van der Waals surface area contributed by atoms with Gasteiger partial charge in [-0.1, -0.05) is 61.9 Å². The van der Waals surface area contributed by atoms with Crippen molar-refractivity contribution in [1.29, 1.82) is 0 Å². The summed E-state index contributed by atoms with van der Waals surface area (Å²) in [5, 5.41) is 3.36. The highest BCUT2D eigenvalue weighted by molar-refractivity contribution is 6.00. The second-order valence-corrected chi connectivity index (χ2v) is 5.72. The van der Waals surface area contributed by atoms with Gasteiger partial charge in [-0.15, -0.1) is 0 Å². The molecule has 1 N–H and O–H groups in total. The fourth-order valence-electron chi connectivity index (χ4n) is 2.97. The third kappa shape index (κ3) is 3.06. The van der Waals surface area contributed by atoms with Crippen LogP contribution in [0, 0.1) is 0 Å². The van der Waals surface area contributed by atoms with E-state index in [1.807, 2.05) is 18.2 Å². The highest BCUT2D eigenvalue weighted by Crippen LogP contribution is 2.19. The first-order chi connectivity index (χ1) is 10.3. The Morgan fingerprint density at radius 3 is 2.52 bits per heavy atom. The average Bonchev–Trinajstić information content (AvgIpc) is 2.55. The molecular weight excluding hydrogens is 258 g/mol. The van der Waals surface area contributed by atoms with Crippen LogP contribution in [0.1, 0.15) is 40.4 Å². The molecule has 3 rings (SSSR count). The number of hydrogen-bond acceptors (Lipinski definition) is 2. The lowest BCUT2D eigenvalue weighted by Crippen LogP contribution is -2.41. The molecule has 108 valence electrons. The van der Waals surface area contributed by atoms with Gasteiger partial charge in [-0.25, -0.2) is 0 Å². The minimum Gasteiger partial charge on any atom is -0.303 e. The molecule has 0 spiro atoms. The minimum atomic E-state index is -0.100. The van der Waals surface area contributed by atoms with Gasteiger partial charge in [0.2, 0.25) is 0 Å². The minimum absolute atomic E-state index is 0.100. The van der Waals surface area contributed by atoms with Crippen molar-refractivity contribution in [3.05, 3.63) is 70.8 Å². The van der Waals surface area contributed by atoms with Crippen LogP contribution in [0.2, 0.25) is 0 Å². The van der Waals surface area contributed by atoms with E-state index in [1.54, 1.807) is 0 Å². The smallest absolute Gasteiger partial charge is 0.180 e. The van der Waals surface area contributed by atoms with Crippen LogP contribution in [0.5, 0.6) is 0 Å². The van der Waals surface area contributed by atoms with Crippen LogP contribution in [0.15, 0.2) is 48.5 Å². The van der Waals surface area contributed by atoms with E-state index in [2.05, 4.69) is 42.6 Å². The molecule has 1 aliphatic heterocycles. The van der Waals surface area contributed by atoms with Gasteiger partial charge < -0.3 is 5.32 Å². The van der Waals surface area contributed by atoms with Crippen LogP contribution in [0.25, 0.3) is 0 Å². The van der Waals surface area contributed by atoms with Gasteiger partial charge in [-0.3, -0.25) is 4.79 Å². The lowest BCUT2D eigenvalue weighted by molar-refractivity contribution is 0.0938. The van der Waals surface area contributed by atoms with Crippen molar-refractivity contribution in [2.45, 2.75) is 38.8 Å². The maximum absolute atomic E-state index is 12.6. The Morgan fingerprint density at radius 2 is 1.81 bits per heavy atom. The largest absolute Gasteiger partial charge is 0.303 e. The van der Waals surface area contributed by atoms with Crippen molar-refractivity contribution in [3.8, 4) is 0 Å². The zero-order valence-electron chi connectivity index (χ0n) is 12.4. The lowest BCUT2D eigenvalue weighted by atomic mass is 9.91. The average molecular weight is 279 g/mol. The van der Waals surface area contributed by atoms with E-state index >= 15 is 0 Å². The number of carbonyl (C=O) groups is 1. The first-order valence-corrected chi connectivity index (χ1v) is 7.71. The summed E-state index contributed by atoms with van der Waals surface area (Å²) in [6.45, 7) is 2.95. The van der Waals surface area contributed by atoms with Gasteiger partial charge in [0, 0.05) is 12.1 Å². The maximum Gasteiger partial charge on any atom is 0.180 e. The van der Waals surface area contributed by atoms with E-state index in [4.69, 9.17) is 0 Å². The molecule has 0 saturated heterocycles. The van der Waals surface area contributed by atoms with Gasteiger partial charge in [0.1, 0.15) is 0 Å². The third-order valence-electron chi connectivity index (χ3n) is 4.17. The quantitative estimate of drug-likeness (QED) is 0.867. The summed E-state index contributed by atoms with van der Waals surface area (Å²) >= 11 is 0. The second-order valence-electron chi connectivity index (χ2n) is 5.72. The predicted molar refractivity (Wildman–Crippen MR) is 85.5 cm³/mol. The number of fused-ring (bicyclic) bond motifs is 1. The molecule has 0 amide bonds. The molecule has 1 unspecified atom stereocenters. The van der Waals surface area contributed by atoms with Crippen molar-refractivity contribution in [3.63, 3.8) is 0 Å². The molecule has 2 heteroatoms. The molecule has 0 aliphatic carbocycles. The summed E-state index contributed by atoms with van der Waals surface area (Å²) in [7, 11) is 0. The first kappa shape index (κ1) is 14.0. The fourth-order valence-corrected chi connectivity index (χ4v) is 2.97. The van der Waals surface area contributed by atoms with Gasteiger partial charge in [0.05, 0.1) is 6.04 Å². The molecular formula is C19H21NO. The Bertz CT molecular complexity index is 630. The molecule has 0 radical (unpaired) electrons. The number of Topliss-reactive ketones (excluding diaryl/α,β-unsaturated/α-hetero) is 1. The van der Waals surface area contributed by atoms with Gasteiger partial charge in [0.15, 0.2) is 5.78 Å². The molecule has 0 aromatic heterocycles. The fraction of sp³-hybridized carbons (Fsp3) is 0.316. The molecule has 2 nitrogen and oxygen atoms in total. The molecule has 1 atom stereocenters. The Morgan fingerprint density at radius 1 is 1.10 bits per heavy atom. The van der Waals surface area contributed by atoms with Crippen LogP contribution >= 0.6 is 0 Å². The van der Waals surface area contributed by atoms with E-state index < -0.39 is 0 Å². The van der Waals surface area contributed by atoms with Gasteiger partial charge in [-0.05, 0) is 29.5 Å². The van der Waals surface area contributed by atoms with Crippen LogP contribution in [0.4, 0.5) is 0 Å². The number of ketones is 1. The molecule has 1 heterocycles. The number of nitrogens with one attached hydrogen (secondary N) is 1. The Hall–Kier alpha value is -1.93. The molecule has 0 bridgehead atoms. The highest BCUT2D eigenvalue weighted by atomic mass is 16.1. The van der Waals surface area contributed by atoms with E-state index in [9.17, 15) is 4.79 Å². The van der Waals surface area contributed by atoms with Crippen molar-refractivity contribution >= 4 is 5.78 Å². The Kier molecular flexibility index (Phi) is 4.16. The molecule has 21 heavy (non-hydrogen) atoms. The molecule has 2 aromatic carbocycles. The number of carbonyl (C=O) groups excluding carboxylic acids is 1. The van der Waals surface area contributed by atoms with Crippen molar-refractivity contribution < 1.29 is 4.79 Å². The Balaban J connectivity index is 1.74. The molecule has 1 aliphatic rings. The Labute approximate surface area is 126 Å². The molecule has 0 fully saturated rings. The number of hydrogen-bond donors (Lipinski definition) is 1. The summed E-state index contributed by atoms with van der Waals surface area (Å²) in [6, 6.07) is 16.3. The van der Waals surface area contributed by atoms with E-state index in [0.717, 1.165) is 31.4 Å². The van der Waals surface area contributed by atoms with Crippen LogP contribution < -0.4 is 5.32 Å². The normalized spacial score (nSPS) is 17.3. The topological polar surface area (TPSA) is 29.1 Å². The maximum atomic E-state index is 12.6. The van der Waals surface area contributed by atoms with E-state index in [-0.39, 0.29) is 11.8 Å². The monoisotopic (exact) mass is 279 g/mol. The van der Waals surface area contributed by atoms with Gasteiger partial charge in [-0.2, -0.15) is 0 Å². The van der Waals surface area contributed by atoms with Crippen molar-refractivity contribution in [2.24, 2.45) is 0 Å². The number of benzene rings is 2. The summed E-state index contributed by atoms with van der Waals surface area (Å²) in [6.07, 6.45) is 2.99. The van der Waals surface area contributed by atoms with E-state index in [1.165, 1.54) is 16.7 Å². The summed E-state index contributed by atoms with van der Waals surface area (Å²) < 4.78 is 0. The van der Waals surface area contributed by atoms with Crippen molar-refractivity contribution in [1.82, 2.24) is 5.32 Å². The number of rotatable bonds is 4. The molecule has 0 saturated carbocycles. The van der Waals surface area contributed by atoms with Crippen LogP contribution in [-0.2, 0) is 19.4 Å². The third-order valence-corrected chi connectivity index (χ3v) is 4.17. The highest BCUT2D eigenvalue weighted by Gasteiger charge is 2.24. The van der Waals surface area contributed by atoms with Crippen LogP contribution in [0.3, 0.4) is 0 Å². The zero-order valence-corrected chi connectivity index (χ0v) is 12.4. The van der Waals surface area contributed by atoms with Gasteiger partial charge in [0.25, 0.3) is 0 Å². The predicted octanol–water partition coefficient (Wildman–Crippen LogP) is 3.54. The summed E-state index contributed by atoms with van der Waals surface area (Å²) in [5.74, 6) is 0.201. The number of aryl methyl sites for hydroxylation is 1. The van der Waals surface area contributed by atoms with Gasteiger partial charge >= 0.3 is 0 Å². The van der Waals surface area contributed by atoms with Crippen molar-refractivity contribution in [2.75, 3.05) is 0 Å². The summed E-state index contributed by atoms with van der Waals surface area (Å²) in [5.41, 5.74) is 4.71. The van der Waals surface area contributed by atoms with Crippen LogP contribution in [-0.4, -0.2) is 11.8 Å². The standard InChI is InChI=1S/C19H21NO/c1-2-5-14-8-10-15(11-9-14)19(21)18-12-16-6-3-4-7-17(16)13-20-18/h3-4,6-11,18,20H,2,5,12-13H2,1H3. The molecule has 2 aromatic rings. The summed E-state index contributed by atoms with van der Waals surface area (Å²) in [4.78, 5) is 12.6. The lowest BCUT2D eigenvalue weighted by Gasteiger charge is -2.25.